The molecule has 2 heterocycles. The number of rotatable bonds is 5. The maximum atomic E-state index is 11.8. The Kier molecular flexibility index (Phi) is 4.92. The maximum absolute atomic E-state index is 11.8. The molecule has 1 aromatic rings. The molecular formula is C14H18N2O3S. The summed E-state index contributed by atoms with van der Waals surface area (Å²) >= 11 is 1.59. The second kappa shape index (κ2) is 6.67. The number of hydrogen-bond acceptors (Lipinski definition) is 4. The Morgan fingerprint density at radius 2 is 2.40 bits per heavy atom. The fourth-order valence-corrected chi connectivity index (χ4v) is 3.29. The fourth-order valence-electron chi connectivity index (χ4n) is 2.41. The van der Waals surface area contributed by atoms with E-state index in [1.54, 1.807) is 24.5 Å². The Labute approximate surface area is 121 Å². The number of likely N-dealkylation sites (tertiary alicyclic amines) is 1. The third-order valence-electron chi connectivity index (χ3n) is 3.36. The van der Waals surface area contributed by atoms with Crippen molar-refractivity contribution in [1.29, 1.82) is 0 Å². The van der Waals surface area contributed by atoms with Gasteiger partial charge in [-0.15, -0.1) is 11.3 Å². The smallest absolute Gasteiger partial charge is 0.328 e. The molecule has 0 bridgehead atoms. The second-order valence-electron chi connectivity index (χ2n) is 4.76. The summed E-state index contributed by atoms with van der Waals surface area (Å²) in [6.07, 6.45) is 4.66. The number of carboxylic acids is 1. The van der Waals surface area contributed by atoms with E-state index in [1.165, 1.54) is 0 Å². The lowest BCUT2D eigenvalue weighted by Gasteiger charge is -2.22. The molecule has 1 amide bonds. The molecule has 1 unspecified atom stereocenters. The van der Waals surface area contributed by atoms with E-state index in [0.717, 1.165) is 42.4 Å². The SMILES string of the molecule is CNC(=O)C1CCCN1Cc1cc(C=CC(=O)O)cs1. The van der Waals surface area contributed by atoms with Crippen molar-refractivity contribution < 1.29 is 14.7 Å². The summed E-state index contributed by atoms with van der Waals surface area (Å²) in [7, 11) is 1.67. The highest BCUT2D eigenvalue weighted by Crippen LogP contribution is 2.24. The van der Waals surface area contributed by atoms with Gasteiger partial charge in [-0.25, -0.2) is 4.79 Å². The molecule has 1 aliphatic rings. The number of likely N-dealkylation sites (N-methyl/N-ethyl adjacent to an activating group) is 1. The van der Waals surface area contributed by atoms with Crippen LogP contribution in [0.2, 0.25) is 0 Å². The van der Waals surface area contributed by atoms with Crippen LogP contribution in [-0.2, 0) is 16.1 Å². The van der Waals surface area contributed by atoms with Gasteiger partial charge in [0.1, 0.15) is 0 Å². The molecule has 1 fully saturated rings. The Morgan fingerprint density at radius 1 is 1.60 bits per heavy atom. The van der Waals surface area contributed by atoms with Gasteiger partial charge in [-0.2, -0.15) is 0 Å². The lowest BCUT2D eigenvalue weighted by Crippen LogP contribution is -2.41. The van der Waals surface area contributed by atoms with Crippen LogP contribution in [0.4, 0.5) is 0 Å². The monoisotopic (exact) mass is 294 g/mol. The minimum Gasteiger partial charge on any atom is -0.478 e. The Hall–Kier alpha value is -1.66. The molecule has 20 heavy (non-hydrogen) atoms. The zero-order valence-electron chi connectivity index (χ0n) is 11.3. The Morgan fingerprint density at radius 3 is 3.10 bits per heavy atom. The third-order valence-corrected chi connectivity index (χ3v) is 4.30. The van der Waals surface area contributed by atoms with E-state index in [9.17, 15) is 9.59 Å². The van der Waals surface area contributed by atoms with Gasteiger partial charge in [0.25, 0.3) is 0 Å². The molecule has 1 aliphatic heterocycles. The van der Waals surface area contributed by atoms with Crippen molar-refractivity contribution in [2.45, 2.75) is 25.4 Å². The van der Waals surface area contributed by atoms with Crippen molar-refractivity contribution in [1.82, 2.24) is 10.2 Å². The highest BCUT2D eigenvalue weighted by Gasteiger charge is 2.29. The number of nitrogens with zero attached hydrogens (tertiary/aromatic N) is 1. The topological polar surface area (TPSA) is 69.6 Å². The molecule has 1 atom stereocenters. The van der Waals surface area contributed by atoms with Gasteiger partial charge < -0.3 is 10.4 Å². The zero-order valence-corrected chi connectivity index (χ0v) is 12.2. The van der Waals surface area contributed by atoms with Gasteiger partial charge in [0.2, 0.25) is 5.91 Å². The number of aliphatic carboxylic acids is 1. The zero-order chi connectivity index (χ0) is 14.5. The van der Waals surface area contributed by atoms with Crippen LogP contribution in [0.25, 0.3) is 6.08 Å². The van der Waals surface area contributed by atoms with Crippen molar-refractivity contribution in [2.24, 2.45) is 0 Å². The molecule has 0 spiro atoms. The summed E-state index contributed by atoms with van der Waals surface area (Å²) < 4.78 is 0. The van der Waals surface area contributed by atoms with Gasteiger partial charge in [0.05, 0.1) is 6.04 Å². The van der Waals surface area contributed by atoms with E-state index in [1.807, 2.05) is 11.4 Å². The molecule has 108 valence electrons. The molecule has 0 aromatic carbocycles. The second-order valence-corrected chi connectivity index (χ2v) is 5.76. The lowest BCUT2D eigenvalue weighted by atomic mass is 10.2. The maximum Gasteiger partial charge on any atom is 0.328 e. The van der Waals surface area contributed by atoms with Crippen LogP contribution in [0.5, 0.6) is 0 Å². The summed E-state index contributed by atoms with van der Waals surface area (Å²) in [6, 6.07) is 1.93. The Balaban J connectivity index is 1.99. The summed E-state index contributed by atoms with van der Waals surface area (Å²) in [5, 5.41) is 13.2. The van der Waals surface area contributed by atoms with Crippen LogP contribution >= 0.6 is 11.3 Å². The predicted octanol–water partition coefficient (Wildman–Crippen LogP) is 1.56. The first-order valence-corrected chi connectivity index (χ1v) is 7.42. The van der Waals surface area contributed by atoms with Crippen molar-refractivity contribution >= 4 is 29.3 Å². The van der Waals surface area contributed by atoms with E-state index >= 15 is 0 Å². The molecule has 1 aromatic heterocycles. The predicted molar refractivity (Wildman–Crippen MR) is 78.5 cm³/mol. The minimum atomic E-state index is -0.947. The van der Waals surface area contributed by atoms with E-state index in [2.05, 4.69) is 10.2 Å². The van der Waals surface area contributed by atoms with E-state index in [-0.39, 0.29) is 11.9 Å². The van der Waals surface area contributed by atoms with Gasteiger partial charge in [-0.3, -0.25) is 9.69 Å². The molecule has 1 saturated heterocycles. The number of carboxylic acid groups (broad SMARTS) is 1. The average molecular weight is 294 g/mol. The molecule has 6 heteroatoms. The highest BCUT2D eigenvalue weighted by molar-refractivity contribution is 7.10. The first-order valence-electron chi connectivity index (χ1n) is 6.54. The Bertz CT molecular complexity index is 524. The quantitative estimate of drug-likeness (QED) is 0.809. The van der Waals surface area contributed by atoms with Crippen molar-refractivity contribution in [2.75, 3.05) is 13.6 Å². The lowest BCUT2D eigenvalue weighted by molar-refractivity contribution is -0.131. The van der Waals surface area contributed by atoms with E-state index in [4.69, 9.17) is 5.11 Å². The number of hydrogen-bond donors (Lipinski definition) is 2. The molecule has 5 nitrogen and oxygen atoms in total. The van der Waals surface area contributed by atoms with Crippen LogP contribution in [0.15, 0.2) is 17.5 Å². The van der Waals surface area contributed by atoms with Gasteiger partial charge in [0, 0.05) is 24.5 Å². The number of carbonyl (C=O) groups is 2. The standard InChI is InChI=1S/C14H18N2O3S/c1-15-14(19)12-3-2-6-16(12)8-11-7-10(9-20-11)4-5-13(17)18/h4-5,7,9,12H,2-3,6,8H2,1H3,(H,15,19)(H,17,18). The van der Waals surface area contributed by atoms with Gasteiger partial charge in [0.15, 0.2) is 0 Å². The number of thiophene rings is 1. The van der Waals surface area contributed by atoms with Crippen molar-refractivity contribution in [3.63, 3.8) is 0 Å². The molecule has 2 rings (SSSR count). The number of nitrogens with one attached hydrogen (secondary N) is 1. The van der Waals surface area contributed by atoms with Gasteiger partial charge in [-0.05, 0) is 42.5 Å². The van der Waals surface area contributed by atoms with Crippen LogP contribution < -0.4 is 5.32 Å². The molecule has 0 saturated carbocycles. The summed E-state index contributed by atoms with van der Waals surface area (Å²) in [5.41, 5.74) is 0.892. The summed E-state index contributed by atoms with van der Waals surface area (Å²) in [6.45, 7) is 1.67. The summed E-state index contributed by atoms with van der Waals surface area (Å²) in [4.78, 5) is 25.6. The molecular weight excluding hydrogens is 276 g/mol. The van der Waals surface area contributed by atoms with Crippen LogP contribution in [0, 0.1) is 0 Å². The molecule has 0 aliphatic carbocycles. The fraction of sp³-hybridized carbons (Fsp3) is 0.429. The van der Waals surface area contributed by atoms with Crippen LogP contribution in [0.1, 0.15) is 23.3 Å². The van der Waals surface area contributed by atoms with E-state index < -0.39 is 5.97 Å². The largest absolute Gasteiger partial charge is 0.478 e. The summed E-state index contributed by atoms with van der Waals surface area (Å²) in [5.74, 6) is -0.873. The van der Waals surface area contributed by atoms with E-state index in [0.29, 0.717) is 0 Å². The van der Waals surface area contributed by atoms with Crippen LogP contribution in [-0.4, -0.2) is 41.5 Å². The van der Waals surface area contributed by atoms with Gasteiger partial charge >= 0.3 is 5.97 Å². The van der Waals surface area contributed by atoms with Gasteiger partial charge in [-0.1, -0.05) is 0 Å². The van der Waals surface area contributed by atoms with Crippen LogP contribution in [0.3, 0.4) is 0 Å². The first-order chi connectivity index (χ1) is 9.60. The number of carbonyl (C=O) groups excluding carboxylic acids is 1. The van der Waals surface area contributed by atoms with Crippen molar-refractivity contribution in [3.05, 3.63) is 28.0 Å². The molecule has 2 N–H and O–H groups in total. The molecule has 0 radical (unpaired) electrons. The highest BCUT2D eigenvalue weighted by atomic mass is 32.1. The number of amides is 1. The minimum absolute atomic E-state index is 0.0416. The van der Waals surface area contributed by atoms with Crippen molar-refractivity contribution in [3.8, 4) is 0 Å². The normalized spacial score (nSPS) is 19.6. The third kappa shape index (κ3) is 3.68. The first kappa shape index (κ1) is 14.7. The average Bonchev–Trinajstić information content (AvgIpc) is 3.05.